The SMILES string of the molecule is O=C(Nc1ccccc1)C1CCC(n2c(=O)[nH]c3c(Br)cccc32)CC1. The molecule has 0 bridgehead atoms. The van der Waals surface area contributed by atoms with Crippen LogP contribution in [0.2, 0.25) is 0 Å². The van der Waals surface area contributed by atoms with Gasteiger partial charge >= 0.3 is 5.69 Å². The van der Waals surface area contributed by atoms with Crippen molar-refractivity contribution in [3.05, 3.63) is 63.5 Å². The maximum atomic E-state index is 12.5. The number of para-hydroxylation sites is 2. The van der Waals surface area contributed by atoms with Crippen LogP contribution in [-0.4, -0.2) is 15.5 Å². The molecule has 1 heterocycles. The van der Waals surface area contributed by atoms with Crippen molar-refractivity contribution in [1.29, 1.82) is 0 Å². The maximum Gasteiger partial charge on any atom is 0.326 e. The summed E-state index contributed by atoms with van der Waals surface area (Å²) in [6, 6.07) is 15.5. The van der Waals surface area contributed by atoms with Gasteiger partial charge in [0, 0.05) is 22.1 Å². The van der Waals surface area contributed by atoms with E-state index in [0.717, 1.165) is 46.9 Å². The molecule has 5 nitrogen and oxygen atoms in total. The van der Waals surface area contributed by atoms with Gasteiger partial charge in [0.15, 0.2) is 0 Å². The van der Waals surface area contributed by atoms with E-state index in [2.05, 4.69) is 26.2 Å². The first-order valence-electron chi connectivity index (χ1n) is 8.88. The predicted molar refractivity (Wildman–Crippen MR) is 106 cm³/mol. The van der Waals surface area contributed by atoms with E-state index in [9.17, 15) is 9.59 Å². The minimum Gasteiger partial charge on any atom is -0.326 e. The van der Waals surface area contributed by atoms with Gasteiger partial charge in [0.05, 0.1) is 11.0 Å². The summed E-state index contributed by atoms with van der Waals surface area (Å²) in [7, 11) is 0. The van der Waals surface area contributed by atoms with Crippen molar-refractivity contribution in [2.24, 2.45) is 5.92 Å². The Labute approximate surface area is 159 Å². The number of anilines is 1. The number of imidazole rings is 1. The molecule has 1 aliphatic carbocycles. The van der Waals surface area contributed by atoms with Crippen LogP contribution in [0, 0.1) is 5.92 Å². The van der Waals surface area contributed by atoms with Crippen molar-refractivity contribution in [2.75, 3.05) is 5.32 Å². The topological polar surface area (TPSA) is 66.9 Å². The number of nitrogens with zero attached hydrogens (tertiary/aromatic N) is 1. The summed E-state index contributed by atoms with van der Waals surface area (Å²) in [4.78, 5) is 27.9. The lowest BCUT2D eigenvalue weighted by Gasteiger charge is -2.28. The molecule has 4 rings (SSSR count). The van der Waals surface area contributed by atoms with Gasteiger partial charge in [-0.3, -0.25) is 9.36 Å². The number of amides is 1. The Balaban J connectivity index is 1.47. The number of carbonyl (C=O) groups excluding carboxylic acids is 1. The average Bonchev–Trinajstić information content (AvgIpc) is 3.00. The average molecular weight is 414 g/mol. The first kappa shape index (κ1) is 17.1. The highest BCUT2D eigenvalue weighted by molar-refractivity contribution is 9.10. The van der Waals surface area contributed by atoms with E-state index in [-0.39, 0.29) is 23.6 Å². The van der Waals surface area contributed by atoms with E-state index >= 15 is 0 Å². The summed E-state index contributed by atoms with van der Waals surface area (Å²) in [6.07, 6.45) is 3.23. The molecule has 0 spiro atoms. The molecule has 1 amide bonds. The van der Waals surface area contributed by atoms with Gasteiger partial charge in [-0.2, -0.15) is 0 Å². The molecule has 1 fully saturated rings. The molecule has 0 aliphatic heterocycles. The lowest BCUT2D eigenvalue weighted by atomic mass is 9.85. The third-order valence-electron chi connectivity index (χ3n) is 5.18. The normalized spacial score (nSPS) is 20.2. The molecule has 26 heavy (non-hydrogen) atoms. The first-order valence-corrected chi connectivity index (χ1v) is 9.67. The highest BCUT2D eigenvalue weighted by Crippen LogP contribution is 2.34. The van der Waals surface area contributed by atoms with Gasteiger partial charge in [-0.25, -0.2) is 4.79 Å². The van der Waals surface area contributed by atoms with Crippen LogP contribution in [0.1, 0.15) is 31.7 Å². The van der Waals surface area contributed by atoms with Crippen LogP contribution in [0.4, 0.5) is 5.69 Å². The molecule has 0 unspecified atom stereocenters. The number of aromatic nitrogens is 2. The fourth-order valence-electron chi connectivity index (χ4n) is 3.84. The standard InChI is InChI=1S/C20H20BrN3O2/c21-16-7-4-8-17-18(16)23-20(26)24(17)15-11-9-13(10-12-15)19(25)22-14-5-2-1-3-6-14/h1-8,13,15H,9-12H2,(H,22,25)(H,23,26). The summed E-state index contributed by atoms with van der Waals surface area (Å²) >= 11 is 3.49. The van der Waals surface area contributed by atoms with Gasteiger partial charge < -0.3 is 10.3 Å². The Morgan fingerprint density at radius 3 is 2.50 bits per heavy atom. The first-order chi connectivity index (χ1) is 12.6. The Morgan fingerprint density at radius 2 is 1.77 bits per heavy atom. The minimum atomic E-state index is -0.0795. The van der Waals surface area contributed by atoms with Crippen molar-refractivity contribution in [2.45, 2.75) is 31.7 Å². The Hall–Kier alpha value is -2.34. The molecule has 1 aromatic heterocycles. The molecule has 1 saturated carbocycles. The lowest BCUT2D eigenvalue weighted by Crippen LogP contribution is -2.31. The highest BCUT2D eigenvalue weighted by Gasteiger charge is 2.29. The monoisotopic (exact) mass is 413 g/mol. The molecule has 0 saturated heterocycles. The zero-order valence-electron chi connectivity index (χ0n) is 14.2. The van der Waals surface area contributed by atoms with Crippen LogP contribution < -0.4 is 11.0 Å². The van der Waals surface area contributed by atoms with Crippen LogP contribution in [0.5, 0.6) is 0 Å². The summed E-state index contributed by atoms with van der Waals surface area (Å²) < 4.78 is 2.74. The largest absolute Gasteiger partial charge is 0.326 e. The smallest absolute Gasteiger partial charge is 0.326 e. The predicted octanol–water partition coefficient (Wildman–Crippen LogP) is 4.46. The second kappa shape index (κ2) is 7.11. The molecular formula is C20H20BrN3O2. The molecule has 6 heteroatoms. The van der Waals surface area contributed by atoms with Crippen LogP contribution in [0.3, 0.4) is 0 Å². The number of hydrogen-bond donors (Lipinski definition) is 2. The quantitative estimate of drug-likeness (QED) is 0.665. The molecule has 1 aliphatic rings. The van der Waals surface area contributed by atoms with Crippen molar-refractivity contribution in [3.63, 3.8) is 0 Å². The zero-order valence-corrected chi connectivity index (χ0v) is 15.8. The Bertz CT molecular complexity index is 985. The number of nitrogens with one attached hydrogen (secondary N) is 2. The number of benzene rings is 2. The minimum absolute atomic E-state index is 0.000833. The number of aromatic amines is 1. The fraction of sp³-hybridized carbons (Fsp3) is 0.300. The van der Waals surface area contributed by atoms with Crippen LogP contribution in [0.25, 0.3) is 11.0 Å². The number of carbonyl (C=O) groups is 1. The highest BCUT2D eigenvalue weighted by atomic mass is 79.9. The van der Waals surface area contributed by atoms with E-state index in [0.29, 0.717) is 0 Å². The summed E-state index contributed by atoms with van der Waals surface area (Å²) in [5.41, 5.74) is 2.50. The van der Waals surface area contributed by atoms with Gasteiger partial charge in [0.1, 0.15) is 0 Å². The van der Waals surface area contributed by atoms with E-state index in [4.69, 9.17) is 0 Å². The molecule has 0 atom stereocenters. The molecular weight excluding hydrogens is 394 g/mol. The number of H-pyrrole nitrogens is 1. The number of fused-ring (bicyclic) bond motifs is 1. The number of hydrogen-bond acceptors (Lipinski definition) is 2. The van der Waals surface area contributed by atoms with Gasteiger partial charge in [-0.15, -0.1) is 0 Å². The van der Waals surface area contributed by atoms with Gasteiger partial charge in [-0.1, -0.05) is 24.3 Å². The van der Waals surface area contributed by atoms with E-state index < -0.39 is 0 Å². The van der Waals surface area contributed by atoms with E-state index in [1.807, 2.05) is 53.1 Å². The van der Waals surface area contributed by atoms with Crippen molar-refractivity contribution in [1.82, 2.24) is 9.55 Å². The van der Waals surface area contributed by atoms with Crippen LogP contribution in [-0.2, 0) is 4.79 Å². The molecule has 134 valence electrons. The maximum absolute atomic E-state index is 12.5. The van der Waals surface area contributed by atoms with Crippen LogP contribution >= 0.6 is 15.9 Å². The second-order valence-electron chi connectivity index (χ2n) is 6.79. The Morgan fingerprint density at radius 1 is 1.04 bits per heavy atom. The lowest BCUT2D eigenvalue weighted by molar-refractivity contribution is -0.121. The zero-order chi connectivity index (χ0) is 18.1. The van der Waals surface area contributed by atoms with Crippen molar-refractivity contribution in [3.8, 4) is 0 Å². The van der Waals surface area contributed by atoms with Crippen LogP contribution in [0.15, 0.2) is 57.8 Å². The van der Waals surface area contributed by atoms with E-state index in [1.165, 1.54) is 0 Å². The molecule has 0 radical (unpaired) electrons. The number of rotatable bonds is 3. The molecule has 2 aromatic carbocycles. The molecule has 3 aromatic rings. The van der Waals surface area contributed by atoms with Crippen molar-refractivity contribution >= 4 is 38.6 Å². The Kier molecular flexibility index (Phi) is 4.68. The molecule has 2 N–H and O–H groups in total. The third kappa shape index (κ3) is 3.21. The van der Waals surface area contributed by atoms with Crippen molar-refractivity contribution < 1.29 is 4.79 Å². The second-order valence-corrected chi connectivity index (χ2v) is 7.65. The van der Waals surface area contributed by atoms with E-state index in [1.54, 1.807) is 0 Å². The summed E-state index contributed by atoms with van der Waals surface area (Å²) in [6.45, 7) is 0. The summed E-state index contributed by atoms with van der Waals surface area (Å²) in [5.74, 6) is 0.0720. The van der Waals surface area contributed by atoms with Gasteiger partial charge in [-0.05, 0) is 65.9 Å². The number of halogens is 1. The third-order valence-corrected chi connectivity index (χ3v) is 5.84. The van der Waals surface area contributed by atoms with Gasteiger partial charge in [0.25, 0.3) is 0 Å². The fourth-order valence-corrected chi connectivity index (χ4v) is 4.29. The van der Waals surface area contributed by atoms with Gasteiger partial charge in [0.2, 0.25) is 5.91 Å². The summed E-state index contributed by atoms with van der Waals surface area (Å²) in [5, 5.41) is 2.99.